The zero-order valence-electron chi connectivity index (χ0n) is 11.1. The van der Waals surface area contributed by atoms with Gasteiger partial charge in [0, 0.05) is 32.3 Å². The van der Waals surface area contributed by atoms with Gasteiger partial charge in [0.25, 0.3) is 5.91 Å². The molecule has 5 nitrogen and oxygen atoms in total. The first-order chi connectivity index (χ1) is 9.60. The number of pyridine rings is 1. The van der Waals surface area contributed by atoms with Crippen LogP contribution >= 0.6 is 11.6 Å². The van der Waals surface area contributed by atoms with Gasteiger partial charge in [-0.05, 0) is 30.4 Å². The zero-order chi connectivity index (χ0) is 14.2. The van der Waals surface area contributed by atoms with Crippen molar-refractivity contribution >= 4 is 23.4 Å². The molecule has 0 atom stereocenters. The van der Waals surface area contributed by atoms with Gasteiger partial charge in [-0.15, -0.1) is 0 Å². The standard InChI is InChI=1S/C14H16ClN3O2/c15-12-10(2-1-5-16-12)13(20)18-6-3-14(4-7-18)8-11(19)17-9-14/h1-2,5H,3-4,6-9H2,(H,17,19). The SMILES string of the molecule is O=C1CC2(CCN(C(=O)c3cccnc3Cl)CC2)CN1. The lowest BCUT2D eigenvalue weighted by Gasteiger charge is -2.38. The van der Waals surface area contributed by atoms with Crippen LogP contribution in [-0.2, 0) is 4.79 Å². The van der Waals surface area contributed by atoms with E-state index in [2.05, 4.69) is 10.3 Å². The molecule has 2 fully saturated rings. The van der Waals surface area contributed by atoms with Gasteiger partial charge in [0.05, 0.1) is 5.56 Å². The van der Waals surface area contributed by atoms with Crippen LogP contribution in [0.1, 0.15) is 29.6 Å². The van der Waals surface area contributed by atoms with Crippen LogP contribution in [0.5, 0.6) is 0 Å². The van der Waals surface area contributed by atoms with Gasteiger partial charge in [-0.2, -0.15) is 0 Å². The molecule has 0 unspecified atom stereocenters. The molecule has 0 bridgehead atoms. The average Bonchev–Trinajstić information content (AvgIpc) is 2.81. The normalized spacial score (nSPS) is 21.1. The molecule has 20 heavy (non-hydrogen) atoms. The van der Waals surface area contributed by atoms with E-state index in [0.29, 0.717) is 25.1 Å². The first kappa shape index (κ1) is 13.4. The number of likely N-dealkylation sites (tertiary alicyclic amines) is 1. The fourth-order valence-electron chi connectivity index (χ4n) is 3.01. The van der Waals surface area contributed by atoms with Crippen LogP contribution < -0.4 is 5.32 Å². The molecular weight excluding hydrogens is 278 g/mol. The van der Waals surface area contributed by atoms with Gasteiger partial charge in [-0.25, -0.2) is 4.98 Å². The molecule has 2 aliphatic heterocycles. The molecule has 2 amide bonds. The maximum absolute atomic E-state index is 12.4. The van der Waals surface area contributed by atoms with E-state index in [9.17, 15) is 9.59 Å². The van der Waals surface area contributed by atoms with Crippen LogP contribution in [0.25, 0.3) is 0 Å². The van der Waals surface area contributed by atoms with E-state index in [-0.39, 0.29) is 22.4 Å². The molecule has 3 rings (SSSR count). The van der Waals surface area contributed by atoms with Crippen LogP contribution in [0.3, 0.4) is 0 Å². The number of halogens is 1. The van der Waals surface area contributed by atoms with Gasteiger partial charge in [-0.1, -0.05) is 11.6 Å². The Balaban J connectivity index is 1.68. The van der Waals surface area contributed by atoms with Crippen LogP contribution in [0, 0.1) is 5.41 Å². The highest BCUT2D eigenvalue weighted by atomic mass is 35.5. The first-order valence-corrected chi connectivity index (χ1v) is 7.14. The van der Waals surface area contributed by atoms with Gasteiger partial charge in [0.15, 0.2) is 0 Å². The number of aromatic nitrogens is 1. The van der Waals surface area contributed by atoms with Crippen LogP contribution in [0.4, 0.5) is 0 Å². The van der Waals surface area contributed by atoms with Crippen molar-refractivity contribution in [2.24, 2.45) is 5.41 Å². The maximum Gasteiger partial charge on any atom is 0.256 e. The second kappa shape index (κ2) is 5.05. The summed E-state index contributed by atoms with van der Waals surface area (Å²) in [6.07, 6.45) is 3.87. The molecule has 2 aliphatic rings. The third-order valence-corrected chi connectivity index (χ3v) is 4.60. The monoisotopic (exact) mass is 293 g/mol. The summed E-state index contributed by atoms with van der Waals surface area (Å²) in [5, 5.41) is 3.14. The molecular formula is C14H16ClN3O2. The molecule has 2 saturated heterocycles. The van der Waals surface area contributed by atoms with Gasteiger partial charge in [0.2, 0.25) is 5.91 Å². The molecule has 1 spiro atoms. The molecule has 3 heterocycles. The highest BCUT2D eigenvalue weighted by Crippen LogP contribution is 2.37. The molecule has 0 aliphatic carbocycles. The van der Waals surface area contributed by atoms with Crippen molar-refractivity contribution in [3.05, 3.63) is 29.0 Å². The Kier molecular flexibility index (Phi) is 3.38. The van der Waals surface area contributed by atoms with Crippen molar-refractivity contribution in [1.82, 2.24) is 15.2 Å². The molecule has 1 aromatic heterocycles. The van der Waals surface area contributed by atoms with Crippen molar-refractivity contribution in [3.63, 3.8) is 0 Å². The maximum atomic E-state index is 12.4. The Hall–Kier alpha value is -1.62. The fourth-order valence-corrected chi connectivity index (χ4v) is 3.21. The highest BCUT2D eigenvalue weighted by Gasteiger charge is 2.41. The van der Waals surface area contributed by atoms with Crippen molar-refractivity contribution in [2.75, 3.05) is 19.6 Å². The predicted octanol–water partition coefficient (Wildman–Crippen LogP) is 1.48. The Bertz CT molecular complexity index is 553. The summed E-state index contributed by atoms with van der Waals surface area (Å²) < 4.78 is 0. The second-order valence-corrected chi connectivity index (χ2v) is 5.95. The van der Waals surface area contributed by atoms with Gasteiger partial charge >= 0.3 is 0 Å². The number of carbonyl (C=O) groups is 2. The van der Waals surface area contributed by atoms with Crippen LogP contribution in [0.15, 0.2) is 18.3 Å². The largest absolute Gasteiger partial charge is 0.356 e. The van der Waals surface area contributed by atoms with Crippen LogP contribution in [0.2, 0.25) is 5.15 Å². The third-order valence-electron chi connectivity index (χ3n) is 4.30. The smallest absolute Gasteiger partial charge is 0.256 e. The molecule has 106 valence electrons. The Morgan fingerprint density at radius 1 is 1.40 bits per heavy atom. The Labute approximate surface area is 122 Å². The Morgan fingerprint density at radius 2 is 2.15 bits per heavy atom. The summed E-state index contributed by atoms with van der Waals surface area (Å²) in [5.74, 6) is 0.0512. The molecule has 6 heteroatoms. The summed E-state index contributed by atoms with van der Waals surface area (Å²) in [4.78, 5) is 29.5. The second-order valence-electron chi connectivity index (χ2n) is 5.59. The minimum Gasteiger partial charge on any atom is -0.356 e. The van der Waals surface area contributed by atoms with E-state index in [1.54, 1.807) is 23.2 Å². The molecule has 0 aromatic carbocycles. The van der Waals surface area contributed by atoms with E-state index < -0.39 is 0 Å². The predicted molar refractivity (Wildman–Crippen MR) is 74.4 cm³/mol. The number of nitrogens with one attached hydrogen (secondary N) is 1. The molecule has 0 radical (unpaired) electrons. The summed E-state index contributed by atoms with van der Waals surface area (Å²) in [6, 6.07) is 3.41. The number of carbonyl (C=O) groups excluding carboxylic acids is 2. The lowest BCUT2D eigenvalue weighted by atomic mass is 9.77. The van der Waals surface area contributed by atoms with Gasteiger partial charge < -0.3 is 10.2 Å². The Morgan fingerprint density at radius 3 is 2.75 bits per heavy atom. The van der Waals surface area contributed by atoms with Crippen molar-refractivity contribution in [3.8, 4) is 0 Å². The molecule has 1 N–H and O–H groups in total. The summed E-state index contributed by atoms with van der Waals surface area (Å²) in [5.41, 5.74) is 0.498. The average molecular weight is 294 g/mol. The number of nitrogens with zero attached hydrogens (tertiary/aromatic N) is 2. The summed E-state index contributed by atoms with van der Waals surface area (Å²) in [7, 11) is 0. The van der Waals surface area contributed by atoms with E-state index in [1.807, 2.05) is 0 Å². The minimum absolute atomic E-state index is 0.0482. The fraction of sp³-hybridized carbons (Fsp3) is 0.500. The zero-order valence-corrected chi connectivity index (χ0v) is 11.8. The summed E-state index contributed by atoms with van der Waals surface area (Å²) >= 11 is 5.96. The highest BCUT2D eigenvalue weighted by molar-refractivity contribution is 6.32. The van der Waals surface area contributed by atoms with Crippen molar-refractivity contribution < 1.29 is 9.59 Å². The lowest BCUT2D eigenvalue weighted by Crippen LogP contribution is -2.44. The quantitative estimate of drug-likeness (QED) is 0.798. The van der Waals surface area contributed by atoms with E-state index in [4.69, 9.17) is 11.6 Å². The third kappa shape index (κ3) is 2.38. The number of amides is 2. The minimum atomic E-state index is -0.0739. The number of piperidine rings is 1. The summed E-state index contributed by atoms with van der Waals surface area (Å²) in [6.45, 7) is 2.07. The first-order valence-electron chi connectivity index (χ1n) is 6.76. The number of rotatable bonds is 1. The van der Waals surface area contributed by atoms with Gasteiger partial charge in [0.1, 0.15) is 5.15 Å². The van der Waals surface area contributed by atoms with Gasteiger partial charge in [-0.3, -0.25) is 9.59 Å². The number of hydrogen-bond donors (Lipinski definition) is 1. The van der Waals surface area contributed by atoms with Crippen LogP contribution in [-0.4, -0.2) is 41.3 Å². The van der Waals surface area contributed by atoms with E-state index in [1.165, 1.54) is 0 Å². The van der Waals surface area contributed by atoms with E-state index in [0.717, 1.165) is 19.4 Å². The van der Waals surface area contributed by atoms with Crippen molar-refractivity contribution in [2.45, 2.75) is 19.3 Å². The van der Waals surface area contributed by atoms with Crippen molar-refractivity contribution in [1.29, 1.82) is 0 Å². The van der Waals surface area contributed by atoms with E-state index >= 15 is 0 Å². The molecule has 1 aromatic rings. The topological polar surface area (TPSA) is 62.3 Å². The molecule has 0 saturated carbocycles. The lowest BCUT2D eigenvalue weighted by molar-refractivity contribution is -0.119. The number of hydrogen-bond acceptors (Lipinski definition) is 3.